The minimum Gasteiger partial charge on any atom is -0.311 e. The van der Waals surface area contributed by atoms with Gasteiger partial charge in [-0.25, -0.2) is 9.97 Å². The summed E-state index contributed by atoms with van der Waals surface area (Å²) >= 11 is 0. The Morgan fingerprint density at radius 2 is 0.962 bits per heavy atom. The molecule has 0 atom stereocenters. The van der Waals surface area contributed by atoms with Crippen molar-refractivity contribution in [3.63, 3.8) is 0 Å². The fraction of sp³-hybridized carbons (Fsp3) is 0.0204. The van der Waals surface area contributed by atoms with Gasteiger partial charge >= 0.3 is 0 Å². The first kappa shape index (κ1) is 30.0. The summed E-state index contributed by atoms with van der Waals surface area (Å²) in [5, 5.41) is 1.24. The number of para-hydroxylation sites is 1. The van der Waals surface area contributed by atoms with Crippen LogP contribution in [0, 0.1) is 0 Å². The molecule has 2 heterocycles. The Morgan fingerprint density at radius 1 is 0.423 bits per heavy atom. The van der Waals surface area contributed by atoms with Gasteiger partial charge in [-0.1, -0.05) is 176 Å². The predicted octanol–water partition coefficient (Wildman–Crippen LogP) is 11.8. The summed E-state index contributed by atoms with van der Waals surface area (Å²) in [5.74, 6) is 0.706. The Labute approximate surface area is 303 Å². The summed E-state index contributed by atoms with van der Waals surface area (Å²) in [6, 6.07) is 71.4. The molecule has 9 aromatic rings. The monoisotopic (exact) mass is 663 g/mol. The zero-order valence-electron chi connectivity index (χ0n) is 28.4. The highest BCUT2D eigenvalue weighted by Crippen LogP contribution is 2.59. The molecule has 1 aliphatic rings. The molecule has 0 N–H and O–H groups in total. The molecule has 0 saturated carbocycles. The molecule has 2 aromatic heterocycles. The third kappa shape index (κ3) is 4.60. The van der Waals surface area contributed by atoms with Gasteiger partial charge in [0.1, 0.15) is 0 Å². The number of hydrogen-bond acceptors (Lipinski definition) is 2. The van der Waals surface area contributed by atoms with E-state index in [2.05, 4.69) is 180 Å². The van der Waals surface area contributed by atoms with Gasteiger partial charge in [-0.3, -0.25) is 0 Å². The fourth-order valence-electron chi connectivity index (χ4n) is 8.29. The van der Waals surface area contributed by atoms with E-state index in [1.54, 1.807) is 0 Å². The van der Waals surface area contributed by atoms with Crippen molar-refractivity contribution in [2.75, 3.05) is 0 Å². The molecule has 0 saturated heterocycles. The molecule has 3 nitrogen and oxygen atoms in total. The van der Waals surface area contributed by atoms with Crippen LogP contribution >= 0.6 is 0 Å². The molecule has 244 valence electrons. The van der Waals surface area contributed by atoms with E-state index >= 15 is 0 Å². The third-order valence-corrected chi connectivity index (χ3v) is 10.5. The standard InChI is InChI=1S/C49H33N3/c1-5-18-34(19-6-1)43-33-44(51-48(50-43)35-20-7-2-8-21-35)36-22-17-27-39(32-36)52-45-31-16-14-29-41(45)46-40-28-13-15-30-42(40)49(47(46)52,37-23-9-3-10-24-37)38-25-11-4-12-26-38/h1-33H. The van der Waals surface area contributed by atoms with Crippen LogP contribution in [0.25, 0.3) is 61.6 Å². The van der Waals surface area contributed by atoms with E-state index in [0.717, 1.165) is 33.8 Å². The maximum Gasteiger partial charge on any atom is 0.160 e. The molecule has 0 spiro atoms. The van der Waals surface area contributed by atoms with Gasteiger partial charge in [0, 0.05) is 33.3 Å². The molecule has 1 aliphatic carbocycles. The average molecular weight is 664 g/mol. The molecule has 0 unspecified atom stereocenters. The second-order valence-electron chi connectivity index (χ2n) is 13.3. The lowest BCUT2D eigenvalue weighted by molar-refractivity contribution is 0.718. The van der Waals surface area contributed by atoms with Crippen molar-refractivity contribution in [3.05, 3.63) is 223 Å². The molecule has 0 fully saturated rings. The van der Waals surface area contributed by atoms with Crippen molar-refractivity contribution in [2.45, 2.75) is 5.41 Å². The Bertz CT molecular complexity index is 2620. The average Bonchev–Trinajstić information content (AvgIpc) is 3.73. The van der Waals surface area contributed by atoms with Gasteiger partial charge in [0.2, 0.25) is 0 Å². The number of fused-ring (bicyclic) bond motifs is 5. The van der Waals surface area contributed by atoms with Gasteiger partial charge in [0.05, 0.1) is 28.0 Å². The summed E-state index contributed by atoms with van der Waals surface area (Å²) in [7, 11) is 0. The summed E-state index contributed by atoms with van der Waals surface area (Å²) in [6.07, 6.45) is 0. The summed E-state index contributed by atoms with van der Waals surface area (Å²) in [6.45, 7) is 0. The van der Waals surface area contributed by atoms with E-state index in [4.69, 9.17) is 9.97 Å². The number of benzene rings is 7. The normalized spacial score (nSPS) is 12.8. The minimum atomic E-state index is -0.556. The molecule has 3 heteroatoms. The summed E-state index contributed by atoms with van der Waals surface area (Å²) < 4.78 is 2.51. The van der Waals surface area contributed by atoms with Gasteiger partial charge in [0.15, 0.2) is 5.82 Å². The second-order valence-corrected chi connectivity index (χ2v) is 13.3. The van der Waals surface area contributed by atoms with Crippen LogP contribution < -0.4 is 0 Å². The quantitative estimate of drug-likeness (QED) is 0.177. The number of nitrogens with zero attached hydrogens (tertiary/aromatic N) is 3. The highest BCUT2D eigenvalue weighted by atomic mass is 15.0. The topological polar surface area (TPSA) is 30.7 Å². The lowest BCUT2D eigenvalue weighted by atomic mass is 9.69. The van der Waals surface area contributed by atoms with Crippen molar-refractivity contribution >= 4 is 10.9 Å². The van der Waals surface area contributed by atoms with Crippen molar-refractivity contribution in [2.24, 2.45) is 0 Å². The van der Waals surface area contributed by atoms with E-state index in [1.807, 2.05) is 24.3 Å². The largest absolute Gasteiger partial charge is 0.311 e. The number of aromatic nitrogens is 3. The molecule has 7 aromatic carbocycles. The highest BCUT2D eigenvalue weighted by molar-refractivity contribution is 6.05. The summed E-state index contributed by atoms with van der Waals surface area (Å²) in [5.41, 5.74) is 14.1. The molecule has 0 amide bonds. The summed E-state index contributed by atoms with van der Waals surface area (Å²) in [4.78, 5) is 10.2. The van der Waals surface area contributed by atoms with Gasteiger partial charge < -0.3 is 4.57 Å². The lowest BCUT2D eigenvalue weighted by Crippen LogP contribution is -2.31. The van der Waals surface area contributed by atoms with E-state index in [0.29, 0.717) is 5.82 Å². The van der Waals surface area contributed by atoms with Crippen LogP contribution in [-0.2, 0) is 5.41 Å². The molecular formula is C49H33N3. The van der Waals surface area contributed by atoms with Crippen LogP contribution in [0.15, 0.2) is 200 Å². The van der Waals surface area contributed by atoms with Crippen molar-refractivity contribution in [1.82, 2.24) is 14.5 Å². The van der Waals surface area contributed by atoms with Gasteiger partial charge in [-0.15, -0.1) is 0 Å². The minimum absolute atomic E-state index is 0.556. The van der Waals surface area contributed by atoms with Crippen molar-refractivity contribution < 1.29 is 0 Å². The van der Waals surface area contributed by atoms with E-state index in [1.165, 1.54) is 44.4 Å². The van der Waals surface area contributed by atoms with Gasteiger partial charge in [-0.05, 0) is 46.5 Å². The van der Waals surface area contributed by atoms with Gasteiger partial charge in [0.25, 0.3) is 0 Å². The Morgan fingerprint density at radius 3 is 1.65 bits per heavy atom. The maximum absolute atomic E-state index is 5.19. The van der Waals surface area contributed by atoms with Crippen molar-refractivity contribution in [1.29, 1.82) is 0 Å². The van der Waals surface area contributed by atoms with E-state index < -0.39 is 5.41 Å². The SMILES string of the molecule is c1ccc(-c2cc(-c3cccc(-n4c5c(c6ccccc64)-c4ccccc4C5(c4ccccc4)c4ccccc4)c3)nc(-c3ccccc3)n2)cc1. The zero-order chi connectivity index (χ0) is 34.5. The van der Waals surface area contributed by atoms with Crippen LogP contribution in [0.2, 0.25) is 0 Å². The second kappa shape index (κ2) is 12.2. The lowest BCUT2D eigenvalue weighted by Gasteiger charge is -2.35. The highest BCUT2D eigenvalue weighted by Gasteiger charge is 2.49. The molecule has 52 heavy (non-hydrogen) atoms. The number of hydrogen-bond donors (Lipinski definition) is 0. The van der Waals surface area contributed by atoms with Crippen LogP contribution in [0.4, 0.5) is 0 Å². The van der Waals surface area contributed by atoms with Crippen LogP contribution in [0.5, 0.6) is 0 Å². The van der Waals surface area contributed by atoms with E-state index in [9.17, 15) is 0 Å². The maximum atomic E-state index is 5.19. The molecule has 0 aliphatic heterocycles. The third-order valence-electron chi connectivity index (χ3n) is 10.5. The Hall–Kier alpha value is -6.84. The molecule has 0 bridgehead atoms. The first-order valence-electron chi connectivity index (χ1n) is 17.8. The zero-order valence-corrected chi connectivity index (χ0v) is 28.4. The molecule has 10 rings (SSSR count). The molecule has 0 radical (unpaired) electrons. The first-order chi connectivity index (χ1) is 25.8. The van der Waals surface area contributed by atoms with Crippen LogP contribution in [0.3, 0.4) is 0 Å². The van der Waals surface area contributed by atoms with Crippen LogP contribution in [0.1, 0.15) is 22.4 Å². The van der Waals surface area contributed by atoms with Crippen molar-refractivity contribution in [3.8, 4) is 50.7 Å². The molecular weight excluding hydrogens is 631 g/mol. The number of rotatable bonds is 6. The first-order valence-corrected chi connectivity index (χ1v) is 17.8. The van der Waals surface area contributed by atoms with Gasteiger partial charge in [-0.2, -0.15) is 0 Å². The Balaban J connectivity index is 1.27. The van der Waals surface area contributed by atoms with Crippen LogP contribution in [-0.4, -0.2) is 14.5 Å². The smallest absolute Gasteiger partial charge is 0.160 e. The van der Waals surface area contributed by atoms with E-state index in [-0.39, 0.29) is 0 Å². The predicted molar refractivity (Wildman–Crippen MR) is 212 cm³/mol. The Kier molecular flexibility index (Phi) is 7.04. The fourth-order valence-corrected chi connectivity index (χ4v) is 8.29.